The second-order valence-electron chi connectivity index (χ2n) is 6.61. The quantitative estimate of drug-likeness (QED) is 0.767. The van der Waals surface area contributed by atoms with Crippen molar-refractivity contribution in [3.63, 3.8) is 0 Å². The van der Waals surface area contributed by atoms with Gasteiger partial charge in [0.25, 0.3) is 0 Å². The summed E-state index contributed by atoms with van der Waals surface area (Å²) in [6.07, 6.45) is 7.18. The van der Waals surface area contributed by atoms with Crippen LogP contribution < -0.4 is 10.5 Å². The lowest BCUT2D eigenvalue weighted by Gasteiger charge is -2.21. The Morgan fingerprint density at radius 2 is 2.15 bits per heavy atom. The van der Waals surface area contributed by atoms with Gasteiger partial charge >= 0.3 is 0 Å². The van der Waals surface area contributed by atoms with Crippen molar-refractivity contribution < 1.29 is 4.74 Å². The summed E-state index contributed by atoms with van der Waals surface area (Å²) < 4.78 is 7.25. The number of benzene rings is 1. The maximum Gasteiger partial charge on any atom is 0.142 e. The number of nitrogens with zero attached hydrogens (tertiary/aromatic N) is 5. The molecule has 0 saturated heterocycles. The van der Waals surface area contributed by atoms with Gasteiger partial charge in [-0.3, -0.25) is 0 Å². The summed E-state index contributed by atoms with van der Waals surface area (Å²) in [4.78, 5) is 8.49. The monoisotopic (exact) mass is 360 g/mol. The van der Waals surface area contributed by atoms with Crippen LogP contribution in [-0.4, -0.2) is 26.9 Å². The molecule has 2 aromatic heterocycles. The number of pyridine rings is 1. The fourth-order valence-corrected chi connectivity index (χ4v) is 3.74. The van der Waals surface area contributed by atoms with Crippen molar-refractivity contribution in [3.8, 4) is 22.9 Å². The number of ether oxygens (including phenoxy) is 1. The van der Waals surface area contributed by atoms with E-state index >= 15 is 0 Å². The van der Waals surface area contributed by atoms with E-state index in [2.05, 4.69) is 21.1 Å². The van der Waals surface area contributed by atoms with E-state index in [-0.39, 0.29) is 0 Å². The third kappa shape index (κ3) is 3.10. The van der Waals surface area contributed by atoms with Crippen molar-refractivity contribution in [1.29, 1.82) is 5.26 Å². The van der Waals surface area contributed by atoms with Crippen LogP contribution in [0.4, 0.5) is 5.82 Å². The van der Waals surface area contributed by atoms with Gasteiger partial charge in [-0.1, -0.05) is 6.07 Å². The zero-order chi connectivity index (χ0) is 18.8. The number of fused-ring (bicyclic) bond motifs is 1. The standard InChI is InChI=1S/C20H20N6O/c1-27-18-7-6-13(8-14(18)10-26-12-23-11-24-26)19-15-4-2-3-5-17(15)25-20(22)16(19)9-21/h6-8,11-12H,2-5,10H2,1H3,(H2,22,25). The van der Waals surface area contributed by atoms with Gasteiger partial charge in [0.1, 0.15) is 35.9 Å². The molecule has 0 amide bonds. The van der Waals surface area contributed by atoms with Crippen molar-refractivity contribution in [1.82, 2.24) is 19.7 Å². The number of hydrogen-bond donors (Lipinski definition) is 1. The van der Waals surface area contributed by atoms with Crippen LogP contribution in [0.15, 0.2) is 30.9 Å². The molecule has 0 radical (unpaired) electrons. The van der Waals surface area contributed by atoms with Gasteiger partial charge in [0.2, 0.25) is 0 Å². The maximum atomic E-state index is 9.72. The number of nitriles is 1. The van der Waals surface area contributed by atoms with Gasteiger partial charge in [0.15, 0.2) is 0 Å². The van der Waals surface area contributed by atoms with Gasteiger partial charge in [0.05, 0.1) is 13.7 Å². The first kappa shape index (κ1) is 17.0. The summed E-state index contributed by atoms with van der Waals surface area (Å²) in [6.45, 7) is 0.529. The lowest BCUT2D eigenvalue weighted by molar-refractivity contribution is 0.407. The number of rotatable bonds is 4. The average Bonchev–Trinajstić information content (AvgIpc) is 3.20. The van der Waals surface area contributed by atoms with Crippen molar-refractivity contribution in [2.75, 3.05) is 12.8 Å². The number of nitrogen functional groups attached to an aromatic ring is 1. The molecule has 1 aliphatic carbocycles. The molecule has 0 bridgehead atoms. The average molecular weight is 360 g/mol. The molecule has 7 nitrogen and oxygen atoms in total. The van der Waals surface area contributed by atoms with Crippen LogP contribution in [0.5, 0.6) is 5.75 Å². The fraction of sp³-hybridized carbons (Fsp3) is 0.300. The van der Waals surface area contributed by atoms with E-state index < -0.39 is 0 Å². The van der Waals surface area contributed by atoms with E-state index in [0.717, 1.165) is 59.4 Å². The topological polar surface area (TPSA) is 103 Å². The SMILES string of the molecule is COc1ccc(-c2c(C#N)c(N)nc3c2CCCC3)cc1Cn1cncn1. The Hall–Kier alpha value is -3.40. The van der Waals surface area contributed by atoms with Crippen molar-refractivity contribution in [3.05, 3.63) is 53.2 Å². The molecule has 136 valence electrons. The highest BCUT2D eigenvalue weighted by Gasteiger charge is 2.22. The van der Waals surface area contributed by atoms with Gasteiger partial charge in [0, 0.05) is 16.8 Å². The second-order valence-corrected chi connectivity index (χ2v) is 6.61. The normalized spacial score (nSPS) is 13.0. The zero-order valence-corrected chi connectivity index (χ0v) is 15.1. The van der Waals surface area contributed by atoms with Gasteiger partial charge in [-0.2, -0.15) is 10.4 Å². The molecule has 0 saturated carbocycles. The molecule has 0 unspecified atom stereocenters. The minimum Gasteiger partial charge on any atom is -0.496 e. The number of anilines is 1. The Morgan fingerprint density at radius 3 is 2.89 bits per heavy atom. The van der Waals surface area contributed by atoms with Crippen LogP contribution in [-0.2, 0) is 19.4 Å². The Labute approximate surface area is 157 Å². The van der Waals surface area contributed by atoms with E-state index in [4.69, 9.17) is 10.5 Å². The van der Waals surface area contributed by atoms with Gasteiger partial charge in [-0.15, -0.1) is 0 Å². The van der Waals surface area contributed by atoms with Crippen molar-refractivity contribution in [2.24, 2.45) is 0 Å². The van der Waals surface area contributed by atoms with Crippen LogP contribution in [0.1, 0.15) is 35.2 Å². The lowest BCUT2D eigenvalue weighted by atomic mass is 9.86. The van der Waals surface area contributed by atoms with E-state index in [0.29, 0.717) is 17.9 Å². The number of nitrogens with two attached hydrogens (primary N) is 1. The van der Waals surface area contributed by atoms with Crippen LogP contribution in [0, 0.1) is 11.3 Å². The molecule has 2 heterocycles. The molecular weight excluding hydrogens is 340 g/mol. The molecule has 27 heavy (non-hydrogen) atoms. The first-order valence-electron chi connectivity index (χ1n) is 8.92. The van der Waals surface area contributed by atoms with Crippen molar-refractivity contribution in [2.45, 2.75) is 32.2 Å². The molecule has 1 aromatic carbocycles. The van der Waals surface area contributed by atoms with E-state index in [1.54, 1.807) is 18.1 Å². The summed E-state index contributed by atoms with van der Waals surface area (Å²) in [6, 6.07) is 8.21. The number of aryl methyl sites for hydroxylation is 1. The Bertz CT molecular complexity index is 1020. The first-order chi connectivity index (χ1) is 13.2. The summed E-state index contributed by atoms with van der Waals surface area (Å²) >= 11 is 0. The largest absolute Gasteiger partial charge is 0.496 e. The van der Waals surface area contributed by atoms with Crippen LogP contribution in [0.3, 0.4) is 0 Å². The van der Waals surface area contributed by atoms with Crippen molar-refractivity contribution >= 4 is 5.82 Å². The summed E-state index contributed by atoms with van der Waals surface area (Å²) in [5.74, 6) is 1.07. The minimum absolute atomic E-state index is 0.307. The third-order valence-electron chi connectivity index (χ3n) is 4.98. The molecule has 1 aliphatic rings. The molecule has 4 rings (SSSR count). The highest BCUT2D eigenvalue weighted by molar-refractivity contribution is 5.80. The molecular formula is C20H20N6O. The highest BCUT2D eigenvalue weighted by Crippen LogP contribution is 2.37. The molecule has 3 aromatic rings. The zero-order valence-electron chi connectivity index (χ0n) is 15.1. The predicted molar refractivity (Wildman–Crippen MR) is 101 cm³/mol. The molecule has 0 aliphatic heterocycles. The fourth-order valence-electron chi connectivity index (χ4n) is 3.74. The van der Waals surface area contributed by atoms with E-state index in [9.17, 15) is 5.26 Å². The Morgan fingerprint density at radius 1 is 1.30 bits per heavy atom. The molecule has 0 spiro atoms. The van der Waals surface area contributed by atoms with Gasteiger partial charge in [-0.05, 0) is 48.9 Å². The Kier molecular flexibility index (Phi) is 4.47. The summed E-state index contributed by atoms with van der Waals surface area (Å²) in [5, 5.41) is 13.9. The lowest BCUT2D eigenvalue weighted by Crippen LogP contribution is -2.12. The van der Waals surface area contributed by atoms with E-state index in [1.807, 2.05) is 18.2 Å². The number of aromatic nitrogens is 4. The summed E-state index contributed by atoms with van der Waals surface area (Å²) in [7, 11) is 1.65. The molecule has 7 heteroatoms. The van der Waals surface area contributed by atoms with Crippen LogP contribution >= 0.6 is 0 Å². The summed E-state index contributed by atoms with van der Waals surface area (Å²) in [5.41, 5.74) is 11.5. The van der Waals surface area contributed by atoms with E-state index in [1.165, 1.54) is 6.33 Å². The van der Waals surface area contributed by atoms with Gasteiger partial charge < -0.3 is 10.5 Å². The van der Waals surface area contributed by atoms with Crippen LogP contribution in [0.2, 0.25) is 0 Å². The minimum atomic E-state index is 0.307. The molecule has 0 atom stereocenters. The highest BCUT2D eigenvalue weighted by atomic mass is 16.5. The second kappa shape index (κ2) is 7.08. The number of hydrogen-bond acceptors (Lipinski definition) is 6. The molecule has 2 N–H and O–H groups in total. The number of methoxy groups -OCH3 is 1. The van der Waals surface area contributed by atoms with Crippen LogP contribution in [0.25, 0.3) is 11.1 Å². The molecule has 0 fully saturated rings. The van der Waals surface area contributed by atoms with Gasteiger partial charge in [-0.25, -0.2) is 14.6 Å². The predicted octanol–water partition coefficient (Wildman–Crippen LogP) is 2.73. The maximum absolute atomic E-state index is 9.72. The smallest absolute Gasteiger partial charge is 0.142 e. The first-order valence-corrected chi connectivity index (χ1v) is 8.92. The third-order valence-corrected chi connectivity index (χ3v) is 4.98. The Balaban J connectivity index is 1.89.